The van der Waals surface area contributed by atoms with Gasteiger partial charge in [0.05, 0.1) is 5.69 Å². The van der Waals surface area contributed by atoms with Gasteiger partial charge in [-0.05, 0) is 54.3 Å². The van der Waals surface area contributed by atoms with Crippen LogP contribution < -0.4 is 0 Å². The third kappa shape index (κ3) is 5.48. The number of aromatic nitrogens is 3. The van der Waals surface area contributed by atoms with Gasteiger partial charge in [-0.25, -0.2) is 14.5 Å². The smallest absolute Gasteiger partial charge is 0.378 e. The highest BCUT2D eigenvalue weighted by atomic mass is 79.9. The SMILES string of the molecule is Cc1ccc(C)c(-n2nc(C(=O)OCC(=O)c3ccc(-c4ccccc4)cc3)nc2-c2ccc(Br)cc2)c1. The second kappa shape index (κ2) is 10.9. The molecule has 0 saturated heterocycles. The molecule has 0 fully saturated rings. The molecule has 0 aliphatic heterocycles. The van der Waals surface area contributed by atoms with Gasteiger partial charge in [-0.1, -0.05) is 94.8 Å². The number of nitrogens with zero attached hydrogens (tertiary/aromatic N) is 3. The molecule has 6 nitrogen and oxygen atoms in total. The van der Waals surface area contributed by atoms with Crippen LogP contribution in [0.15, 0.2) is 102 Å². The number of ether oxygens (including phenoxy) is 1. The van der Waals surface area contributed by atoms with E-state index in [9.17, 15) is 9.59 Å². The highest BCUT2D eigenvalue weighted by Gasteiger charge is 2.22. The summed E-state index contributed by atoms with van der Waals surface area (Å²) in [6, 6.07) is 30.7. The molecule has 7 heteroatoms. The van der Waals surface area contributed by atoms with Crippen LogP contribution in [0.25, 0.3) is 28.2 Å². The van der Waals surface area contributed by atoms with E-state index in [1.807, 2.05) is 98.8 Å². The van der Waals surface area contributed by atoms with Crippen molar-refractivity contribution in [2.45, 2.75) is 13.8 Å². The lowest BCUT2D eigenvalue weighted by Gasteiger charge is -2.10. The van der Waals surface area contributed by atoms with E-state index in [1.54, 1.807) is 16.8 Å². The van der Waals surface area contributed by atoms with Crippen molar-refractivity contribution in [3.63, 3.8) is 0 Å². The number of carbonyl (C=O) groups excluding carboxylic acids is 2. The second-order valence-corrected chi connectivity index (χ2v) is 9.83. The Balaban J connectivity index is 1.37. The Morgan fingerprint density at radius 1 is 0.816 bits per heavy atom. The van der Waals surface area contributed by atoms with Crippen molar-refractivity contribution in [2.24, 2.45) is 0 Å². The molecule has 5 rings (SSSR count). The van der Waals surface area contributed by atoms with Crippen LogP contribution in [0.3, 0.4) is 0 Å². The predicted molar refractivity (Wildman–Crippen MR) is 150 cm³/mol. The fourth-order valence-corrected chi connectivity index (χ4v) is 4.32. The molecule has 0 radical (unpaired) electrons. The molecule has 0 unspecified atom stereocenters. The molecule has 0 atom stereocenters. The molecule has 1 heterocycles. The minimum Gasteiger partial charge on any atom is -0.451 e. The molecule has 0 amide bonds. The Kier molecular flexibility index (Phi) is 7.29. The maximum absolute atomic E-state index is 12.9. The average molecular weight is 566 g/mol. The maximum atomic E-state index is 12.9. The number of ketones is 1. The average Bonchev–Trinajstić information content (AvgIpc) is 3.39. The molecule has 5 aromatic rings. The summed E-state index contributed by atoms with van der Waals surface area (Å²) in [7, 11) is 0. The zero-order valence-electron chi connectivity index (χ0n) is 20.9. The van der Waals surface area contributed by atoms with Crippen molar-refractivity contribution in [3.05, 3.63) is 124 Å². The van der Waals surface area contributed by atoms with Gasteiger partial charge in [-0.2, -0.15) is 0 Å². The molecule has 0 N–H and O–H groups in total. The van der Waals surface area contributed by atoms with Gasteiger partial charge >= 0.3 is 5.97 Å². The van der Waals surface area contributed by atoms with E-state index < -0.39 is 12.6 Å². The van der Waals surface area contributed by atoms with E-state index in [0.717, 1.165) is 38.0 Å². The Hall–Kier alpha value is -4.36. The fraction of sp³-hybridized carbons (Fsp3) is 0.0968. The van der Waals surface area contributed by atoms with Crippen molar-refractivity contribution in [1.29, 1.82) is 0 Å². The monoisotopic (exact) mass is 565 g/mol. The van der Waals surface area contributed by atoms with Crippen LogP contribution >= 0.6 is 15.9 Å². The summed E-state index contributed by atoms with van der Waals surface area (Å²) in [6.07, 6.45) is 0. The number of hydrogen-bond donors (Lipinski definition) is 0. The van der Waals surface area contributed by atoms with Crippen molar-refractivity contribution < 1.29 is 14.3 Å². The van der Waals surface area contributed by atoms with Crippen molar-refractivity contribution in [1.82, 2.24) is 14.8 Å². The predicted octanol–water partition coefficient (Wildman–Crippen LogP) is 7.02. The van der Waals surface area contributed by atoms with Crippen LogP contribution in [0.2, 0.25) is 0 Å². The van der Waals surface area contributed by atoms with Crippen molar-refractivity contribution >= 4 is 27.7 Å². The van der Waals surface area contributed by atoms with E-state index in [1.165, 1.54) is 0 Å². The summed E-state index contributed by atoms with van der Waals surface area (Å²) in [5.74, 6) is -0.682. The third-order valence-corrected chi connectivity index (χ3v) is 6.66. The first kappa shape index (κ1) is 25.3. The van der Waals surface area contributed by atoms with Gasteiger partial charge in [-0.3, -0.25) is 4.79 Å². The first-order valence-electron chi connectivity index (χ1n) is 12.1. The maximum Gasteiger partial charge on any atom is 0.378 e. The number of rotatable bonds is 7. The van der Waals surface area contributed by atoms with E-state index >= 15 is 0 Å². The van der Waals surface area contributed by atoms with Gasteiger partial charge in [0.1, 0.15) is 0 Å². The Morgan fingerprint density at radius 2 is 1.47 bits per heavy atom. The molecule has 0 aliphatic carbocycles. The van der Waals surface area contributed by atoms with E-state index in [2.05, 4.69) is 26.0 Å². The minimum atomic E-state index is -0.762. The lowest BCUT2D eigenvalue weighted by molar-refractivity contribution is 0.0462. The van der Waals surface area contributed by atoms with Gasteiger partial charge in [0.2, 0.25) is 0 Å². The van der Waals surface area contributed by atoms with E-state index in [4.69, 9.17) is 4.74 Å². The normalized spacial score (nSPS) is 10.8. The van der Waals surface area contributed by atoms with Crippen LogP contribution in [0.1, 0.15) is 32.1 Å². The highest BCUT2D eigenvalue weighted by molar-refractivity contribution is 9.10. The second-order valence-electron chi connectivity index (χ2n) is 8.91. The quantitative estimate of drug-likeness (QED) is 0.156. The lowest BCUT2D eigenvalue weighted by Crippen LogP contribution is -2.15. The van der Waals surface area contributed by atoms with Gasteiger partial charge in [0.15, 0.2) is 18.2 Å². The van der Waals surface area contributed by atoms with E-state index in [-0.39, 0.29) is 11.6 Å². The molecular formula is C31H24BrN3O3. The largest absolute Gasteiger partial charge is 0.451 e. The Bertz CT molecular complexity index is 1610. The number of carbonyl (C=O) groups is 2. The number of aryl methyl sites for hydroxylation is 2. The summed E-state index contributed by atoms with van der Waals surface area (Å²) >= 11 is 3.45. The molecule has 0 spiro atoms. The first-order chi connectivity index (χ1) is 18.4. The zero-order chi connectivity index (χ0) is 26.6. The summed E-state index contributed by atoms with van der Waals surface area (Å²) in [6.45, 7) is 3.56. The summed E-state index contributed by atoms with van der Waals surface area (Å²) < 4.78 is 7.91. The van der Waals surface area contributed by atoms with Crippen molar-refractivity contribution in [2.75, 3.05) is 6.61 Å². The summed E-state index contributed by atoms with van der Waals surface area (Å²) in [5, 5.41) is 4.48. The molecule has 1 aromatic heterocycles. The standard InChI is InChI=1S/C31H24BrN3O3/c1-20-8-9-21(2)27(18-20)35-30(25-14-16-26(32)17-15-25)33-29(34-35)31(37)38-19-28(36)24-12-10-23(11-13-24)22-6-4-3-5-7-22/h3-18H,19H2,1-2H3. The molecular weight excluding hydrogens is 542 g/mol. The van der Waals surface area contributed by atoms with Gasteiger partial charge < -0.3 is 4.74 Å². The molecule has 38 heavy (non-hydrogen) atoms. The van der Waals surface area contributed by atoms with Crippen LogP contribution in [0.5, 0.6) is 0 Å². The van der Waals surface area contributed by atoms with Crippen LogP contribution in [-0.4, -0.2) is 33.1 Å². The van der Waals surface area contributed by atoms with E-state index in [0.29, 0.717) is 11.4 Å². The van der Waals surface area contributed by atoms with Crippen LogP contribution in [0, 0.1) is 13.8 Å². The molecule has 0 bridgehead atoms. The number of benzene rings is 4. The molecule has 0 saturated carbocycles. The molecule has 4 aromatic carbocycles. The van der Waals surface area contributed by atoms with Crippen molar-refractivity contribution in [3.8, 4) is 28.2 Å². The van der Waals surface area contributed by atoms with Crippen LogP contribution in [-0.2, 0) is 4.74 Å². The minimum absolute atomic E-state index is 0.115. The first-order valence-corrected chi connectivity index (χ1v) is 12.8. The molecule has 188 valence electrons. The Labute approximate surface area is 229 Å². The number of esters is 1. The topological polar surface area (TPSA) is 74.1 Å². The summed E-state index contributed by atoms with van der Waals surface area (Å²) in [5.41, 5.74) is 6.15. The number of Topliss-reactive ketones (excluding diaryl/α,β-unsaturated/α-hetero) is 1. The van der Waals surface area contributed by atoms with Crippen LogP contribution in [0.4, 0.5) is 0 Å². The molecule has 0 aliphatic rings. The van der Waals surface area contributed by atoms with Gasteiger partial charge in [0.25, 0.3) is 5.82 Å². The number of halogens is 1. The Morgan fingerprint density at radius 3 is 2.18 bits per heavy atom. The lowest BCUT2D eigenvalue weighted by atomic mass is 10.0. The fourth-order valence-electron chi connectivity index (χ4n) is 4.06. The summed E-state index contributed by atoms with van der Waals surface area (Å²) in [4.78, 5) is 30.2. The highest BCUT2D eigenvalue weighted by Crippen LogP contribution is 2.26. The zero-order valence-corrected chi connectivity index (χ0v) is 22.5. The third-order valence-electron chi connectivity index (χ3n) is 6.13. The van der Waals surface area contributed by atoms with Gasteiger partial charge in [-0.15, -0.1) is 5.10 Å². The van der Waals surface area contributed by atoms with Gasteiger partial charge in [0, 0.05) is 15.6 Å². The number of hydrogen-bond acceptors (Lipinski definition) is 5.